The van der Waals surface area contributed by atoms with Crippen LogP contribution in [0, 0.1) is 0 Å². The Kier molecular flexibility index (Phi) is 1.82. The van der Waals surface area contributed by atoms with Crippen molar-refractivity contribution in [1.82, 2.24) is 0 Å². The van der Waals surface area contributed by atoms with Crippen LogP contribution in [0.15, 0.2) is 5.16 Å². The van der Waals surface area contributed by atoms with E-state index in [1.165, 1.54) is 0 Å². The zero-order valence-electron chi connectivity index (χ0n) is 5.13. The second kappa shape index (κ2) is 2.62. The van der Waals surface area contributed by atoms with Gasteiger partial charge in [0.2, 0.25) is 0 Å². The standard InChI is InChI=1S/C6H9NO2/c8-6-4-2-1-3-5(6)7-9/h9H,1-4H2/b7-5+. The van der Waals surface area contributed by atoms with E-state index >= 15 is 0 Å². The molecule has 0 aromatic carbocycles. The van der Waals surface area contributed by atoms with Crippen molar-refractivity contribution in [2.75, 3.05) is 0 Å². The fourth-order valence-electron chi connectivity index (χ4n) is 0.967. The van der Waals surface area contributed by atoms with Gasteiger partial charge in [0.05, 0.1) is 0 Å². The maximum Gasteiger partial charge on any atom is 0.180 e. The molecule has 0 atom stereocenters. The molecular weight excluding hydrogens is 118 g/mol. The van der Waals surface area contributed by atoms with E-state index in [1.807, 2.05) is 0 Å². The number of Topliss-reactive ketones (excluding diaryl/α,β-unsaturated/α-hetero) is 1. The number of rotatable bonds is 0. The van der Waals surface area contributed by atoms with Crippen LogP contribution < -0.4 is 0 Å². The number of carbonyl (C=O) groups excluding carboxylic acids is 1. The molecule has 0 spiro atoms. The summed E-state index contributed by atoms with van der Waals surface area (Å²) in [5.74, 6) is 0.00347. The average Bonchev–Trinajstić information content (AvgIpc) is 1.89. The Hall–Kier alpha value is -0.860. The molecule has 0 saturated heterocycles. The summed E-state index contributed by atoms with van der Waals surface area (Å²) < 4.78 is 0. The number of oxime groups is 1. The van der Waals surface area contributed by atoms with E-state index in [0.717, 1.165) is 12.8 Å². The first-order chi connectivity index (χ1) is 4.34. The van der Waals surface area contributed by atoms with Crippen LogP contribution in [0.25, 0.3) is 0 Å². The van der Waals surface area contributed by atoms with Crippen molar-refractivity contribution in [2.24, 2.45) is 5.16 Å². The lowest BCUT2D eigenvalue weighted by atomic mass is 9.97. The highest BCUT2D eigenvalue weighted by Gasteiger charge is 2.16. The van der Waals surface area contributed by atoms with Crippen LogP contribution in [-0.2, 0) is 4.79 Å². The second-order valence-corrected chi connectivity index (χ2v) is 2.18. The fourth-order valence-corrected chi connectivity index (χ4v) is 0.967. The number of carbonyl (C=O) groups is 1. The summed E-state index contributed by atoms with van der Waals surface area (Å²) in [7, 11) is 0. The molecule has 9 heavy (non-hydrogen) atoms. The van der Waals surface area contributed by atoms with Crippen LogP contribution in [0.2, 0.25) is 0 Å². The lowest BCUT2D eigenvalue weighted by Crippen LogP contribution is -2.18. The number of hydrogen-bond acceptors (Lipinski definition) is 3. The highest BCUT2D eigenvalue weighted by Crippen LogP contribution is 2.10. The minimum atomic E-state index is 0.00347. The maximum absolute atomic E-state index is 10.7. The quantitative estimate of drug-likeness (QED) is 0.389. The molecule has 1 saturated carbocycles. The van der Waals surface area contributed by atoms with E-state index in [9.17, 15) is 4.79 Å². The van der Waals surface area contributed by atoms with Gasteiger partial charge in [0.15, 0.2) is 5.78 Å². The molecule has 0 aliphatic heterocycles. The second-order valence-electron chi connectivity index (χ2n) is 2.18. The predicted octanol–water partition coefficient (Wildman–Crippen LogP) is 0.960. The third-order valence-corrected chi connectivity index (χ3v) is 1.51. The Bertz CT molecular complexity index is 151. The van der Waals surface area contributed by atoms with Gasteiger partial charge < -0.3 is 5.21 Å². The van der Waals surface area contributed by atoms with E-state index < -0.39 is 0 Å². The van der Waals surface area contributed by atoms with Crippen molar-refractivity contribution in [1.29, 1.82) is 0 Å². The number of ketones is 1. The summed E-state index contributed by atoms with van der Waals surface area (Å²) in [5, 5.41) is 11.1. The van der Waals surface area contributed by atoms with E-state index in [-0.39, 0.29) is 5.78 Å². The van der Waals surface area contributed by atoms with Gasteiger partial charge in [-0.05, 0) is 19.3 Å². The fraction of sp³-hybridized carbons (Fsp3) is 0.667. The summed E-state index contributed by atoms with van der Waals surface area (Å²) >= 11 is 0. The molecule has 1 N–H and O–H groups in total. The third-order valence-electron chi connectivity index (χ3n) is 1.51. The lowest BCUT2D eigenvalue weighted by molar-refractivity contribution is -0.113. The molecular formula is C6H9NO2. The molecule has 3 heteroatoms. The molecule has 1 rings (SSSR count). The average molecular weight is 127 g/mol. The Morgan fingerprint density at radius 1 is 1.33 bits per heavy atom. The molecule has 0 bridgehead atoms. The van der Waals surface area contributed by atoms with Gasteiger partial charge in [-0.25, -0.2) is 0 Å². The first-order valence-electron chi connectivity index (χ1n) is 3.08. The number of nitrogens with zero attached hydrogens (tertiary/aromatic N) is 1. The smallest absolute Gasteiger partial charge is 0.180 e. The molecule has 0 unspecified atom stereocenters. The highest BCUT2D eigenvalue weighted by molar-refractivity contribution is 6.40. The van der Waals surface area contributed by atoms with Crippen molar-refractivity contribution in [3.8, 4) is 0 Å². The van der Waals surface area contributed by atoms with Crippen LogP contribution in [0.5, 0.6) is 0 Å². The monoisotopic (exact) mass is 127 g/mol. The first-order valence-corrected chi connectivity index (χ1v) is 3.08. The van der Waals surface area contributed by atoms with Crippen LogP contribution in [0.1, 0.15) is 25.7 Å². The Labute approximate surface area is 53.4 Å². The largest absolute Gasteiger partial charge is 0.411 e. The van der Waals surface area contributed by atoms with Gasteiger partial charge >= 0.3 is 0 Å². The summed E-state index contributed by atoms with van der Waals surface area (Å²) in [4.78, 5) is 10.7. The molecule has 0 heterocycles. The molecule has 0 aromatic heterocycles. The molecule has 0 radical (unpaired) electrons. The number of hydrogen-bond donors (Lipinski definition) is 1. The molecule has 3 nitrogen and oxygen atoms in total. The molecule has 1 aliphatic rings. The van der Waals surface area contributed by atoms with Gasteiger partial charge in [0.25, 0.3) is 0 Å². The highest BCUT2D eigenvalue weighted by atomic mass is 16.4. The van der Waals surface area contributed by atoms with E-state index in [4.69, 9.17) is 5.21 Å². The summed E-state index contributed by atoms with van der Waals surface area (Å²) in [6.07, 6.45) is 3.12. The van der Waals surface area contributed by atoms with Crippen molar-refractivity contribution in [3.63, 3.8) is 0 Å². The topological polar surface area (TPSA) is 49.7 Å². The molecule has 50 valence electrons. The predicted molar refractivity (Wildman–Crippen MR) is 32.7 cm³/mol. The van der Waals surface area contributed by atoms with Gasteiger partial charge in [0, 0.05) is 6.42 Å². The van der Waals surface area contributed by atoms with Crippen molar-refractivity contribution >= 4 is 11.5 Å². The Balaban J connectivity index is 2.60. The summed E-state index contributed by atoms with van der Waals surface area (Å²) in [6.45, 7) is 0. The zero-order chi connectivity index (χ0) is 6.69. The first kappa shape index (κ1) is 6.26. The Morgan fingerprint density at radius 2 is 2.00 bits per heavy atom. The van der Waals surface area contributed by atoms with Crippen LogP contribution in [0.3, 0.4) is 0 Å². The van der Waals surface area contributed by atoms with Crippen LogP contribution >= 0.6 is 0 Å². The van der Waals surface area contributed by atoms with E-state index in [1.54, 1.807) is 0 Å². The zero-order valence-corrected chi connectivity index (χ0v) is 5.13. The van der Waals surface area contributed by atoms with Gasteiger partial charge in [-0.3, -0.25) is 4.79 Å². The molecule has 0 amide bonds. The minimum Gasteiger partial charge on any atom is -0.411 e. The van der Waals surface area contributed by atoms with Gasteiger partial charge in [-0.1, -0.05) is 5.16 Å². The van der Waals surface area contributed by atoms with Crippen LogP contribution in [-0.4, -0.2) is 16.7 Å². The summed E-state index contributed by atoms with van der Waals surface area (Å²) in [6, 6.07) is 0. The summed E-state index contributed by atoms with van der Waals surface area (Å²) in [5.41, 5.74) is 0.348. The van der Waals surface area contributed by atoms with Gasteiger partial charge in [0.1, 0.15) is 5.71 Å². The molecule has 1 fully saturated rings. The maximum atomic E-state index is 10.7. The molecule has 1 aliphatic carbocycles. The van der Waals surface area contributed by atoms with Crippen LogP contribution in [0.4, 0.5) is 0 Å². The third kappa shape index (κ3) is 1.28. The van der Waals surface area contributed by atoms with E-state index in [0.29, 0.717) is 18.6 Å². The van der Waals surface area contributed by atoms with E-state index in [2.05, 4.69) is 5.16 Å². The lowest BCUT2D eigenvalue weighted by Gasteiger charge is -2.07. The Morgan fingerprint density at radius 3 is 2.44 bits per heavy atom. The normalized spacial score (nSPS) is 24.9. The van der Waals surface area contributed by atoms with Gasteiger partial charge in [-0.15, -0.1) is 0 Å². The van der Waals surface area contributed by atoms with Crippen molar-refractivity contribution in [3.05, 3.63) is 0 Å². The molecule has 0 aromatic rings. The van der Waals surface area contributed by atoms with Crippen molar-refractivity contribution in [2.45, 2.75) is 25.7 Å². The van der Waals surface area contributed by atoms with Crippen molar-refractivity contribution < 1.29 is 10.0 Å². The minimum absolute atomic E-state index is 0.00347. The van der Waals surface area contributed by atoms with Gasteiger partial charge in [-0.2, -0.15) is 0 Å². The SMILES string of the molecule is O=C1CCCC/C1=N\O.